The molecule has 0 saturated heterocycles. The Hall–Kier alpha value is -1.84. The van der Waals surface area contributed by atoms with E-state index in [2.05, 4.69) is 19.2 Å². The number of benzene rings is 1. The van der Waals surface area contributed by atoms with E-state index >= 15 is 0 Å². The fourth-order valence-electron chi connectivity index (χ4n) is 1.53. The van der Waals surface area contributed by atoms with Gasteiger partial charge in [0.05, 0.1) is 0 Å². The van der Waals surface area contributed by atoms with Gasteiger partial charge < -0.3 is 10.1 Å². The van der Waals surface area contributed by atoms with Crippen LogP contribution in [0.25, 0.3) is 0 Å². The summed E-state index contributed by atoms with van der Waals surface area (Å²) >= 11 is 0. The van der Waals surface area contributed by atoms with E-state index < -0.39 is 6.10 Å². The number of amides is 1. The SMILES string of the molecule is CCC(=O)O[C@@H](C)C(=O)Nc1ccc(C(C)C)cc1. The van der Waals surface area contributed by atoms with E-state index in [0.29, 0.717) is 11.6 Å². The van der Waals surface area contributed by atoms with Gasteiger partial charge in [-0.1, -0.05) is 32.9 Å². The van der Waals surface area contributed by atoms with Gasteiger partial charge in [-0.3, -0.25) is 9.59 Å². The lowest BCUT2D eigenvalue weighted by molar-refractivity contribution is -0.152. The lowest BCUT2D eigenvalue weighted by Crippen LogP contribution is -2.29. The minimum Gasteiger partial charge on any atom is -0.453 e. The van der Waals surface area contributed by atoms with Crippen molar-refractivity contribution >= 4 is 17.6 Å². The van der Waals surface area contributed by atoms with Crippen LogP contribution in [0.15, 0.2) is 24.3 Å². The first-order valence-corrected chi connectivity index (χ1v) is 6.54. The maximum absolute atomic E-state index is 11.8. The van der Waals surface area contributed by atoms with Crippen LogP contribution in [0.2, 0.25) is 0 Å². The van der Waals surface area contributed by atoms with Crippen molar-refractivity contribution in [3.05, 3.63) is 29.8 Å². The van der Waals surface area contributed by atoms with Gasteiger partial charge in [-0.15, -0.1) is 0 Å². The smallest absolute Gasteiger partial charge is 0.306 e. The van der Waals surface area contributed by atoms with Gasteiger partial charge in [-0.05, 0) is 30.5 Å². The molecule has 1 aromatic carbocycles. The lowest BCUT2D eigenvalue weighted by atomic mass is 10.0. The third-order valence-electron chi connectivity index (χ3n) is 2.81. The molecule has 0 heterocycles. The van der Waals surface area contributed by atoms with E-state index in [-0.39, 0.29) is 18.3 Å². The topological polar surface area (TPSA) is 55.4 Å². The first-order valence-electron chi connectivity index (χ1n) is 6.54. The summed E-state index contributed by atoms with van der Waals surface area (Å²) in [6.07, 6.45) is -0.516. The summed E-state index contributed by atoms with van der Waals surface area (Å²) < 4.78 is 4.94. The molecule has 0 aliphatic carbocycles. The molecule has 0 aliphatic rings. The highest BCUT2D eigenvalue weighted by molar-refractivity contribution is 5.95. The predicted octanol–water partition coefficient (Wildman–Crippen LogP) is 3.09. The Bertz CT molecular complexity index is 437. The van der Waals surface area contributed by atoms with E-state index in [4.69, 9.17) is 4.74 Å². The van der Waals surface area contributed by atoms with Crippen LogP contribution in [-0.4, -0.2) is 18.0 Å². The van der Waals surface area contributed by atoms with E-state index in [1.807, 2.05) is 24.3 Å². The van der Waals surface area contributed by atoms with E-state index in [1.54, 1.807) is 13.8 Å². The fourth-order valence-corrected chi connectivity index (χ4v) is 1.53. The molecular weight excluding hydrogens is 242 g/mol. The standard InChI is InChI=1S/C15H21NO3/c1-5-14(17)19-11(4)15(18)16-13-8-6-12(7-9-13)10(2)3/h6-11H,5H2,1-4H3,(H,16,18)/t11-/m0/s1. The fraction of sp³-hybridized carbons (Fsp3) is 0.467. The van der Waals surface area contributed by atoms with Crippen molar-refractivity contribution in [1.82, 2.24) is 0 Å². The molecule has 0 fully saturated rings. The summed E-state index contributed by atoms with van der Waals surface area (Å²) in [4.78, 5) is 22.9. The molecule has 0 unspecified atom stereocenters. The highest BCUT2D eigenvalue weighted by Gasteiger charge is 2.16. The van der Waals surface area contributed by atoms with Crippen molar-refractivity contribution in [1.29, 1.82) is 0 Å². The number of esters is 1. The van der Waals surface area contributed by atoms with Gasteiger partial charge in [-0.25, -0.2) is 0 Å². The normalized spacial score (nSPS) is 12.1. The summed E-state index contributed by atoms with van der Waals surface area (Å²) in [7, 11) is 0. The molecule has 0 saturated carbocycles. The molecule has 1 atom stereocenters. The van der Waals surface area contributed by atoms with Gasteiger partial charge in [-0.2, -0.15) is 0 Å². The van der Waals surface area contributed by atoms with Crippen molar-refractivity contribution < 1.29 is 14.3 Å². The number of anilines is 1. The Morgan fingerprint density at radius 1 is 1.16 bits per heavy atom. The molecule has 104 valence electrons. The monoisotopic (exact) mass is 263 g/mol. The average Bonchev–Trinajstić information content (AvgIpc) is 2.38. The number of carbonyl (C=O) groups is 2. The van der Waals surface area contributed by atoms with Crippen LogP contribution in [0.3, 0.4) is 0 Å². The molecule has 1 amide bonds. The Morgan fingerprint density at radius 2 is 1.74 bits per heavy atom. The Labute approximate surface area is 114 Å². The van der Waals surface area contributed by atoms with Crippen molar-refractivity contribution in [3.63, 3.8) is 0 Å². The molecule has 0 bridgehead atoms. The second kappa shape index (κ2) is 6.92. The summed E-state index contributed by atoms with van der Waals surface area (Å²) in [5, 5.41) is 2.72. The molecular formula is C15H21NO3. The second-order valence-corrected chi connectivity index (χ2v) is 4.75. The van der Waals surface area contributed by atoms with Gasteiger partial charge in [0.1, 0.15) is 0 Å². The number of rotatable bonds is 5. The maximum Gasteiger partial charge on any atom is 0.306 e. The van der Waals surface area contributed by atoms with E-state index in [9.17, 15) is 9.59 Å². The van der Waals surface area contributed by atoms with Crippen LogP contribution < -0.4 is 5.32 Å². The number of ether oxygens (including phenoxy) is 1. The number of hydrogen-bond acceptors (Lipinski definition) is 3. The van der Waals surface area contributed by atoms with Crippen LogP contribution in [0.5, 0.6) is 0 Å². The zero-order chi connectivity index (χ0) is 14.4. The van der Waals surface area contributed by atoms with E-state index in [1.165, 1.54) is 5.56 Å². The van der Waals surface area contributed by atoms with E-state index in [0.717, 1.165) is 0 Å². The Kier molecular flexibility index (Phi) is 5.55. The molecule has 1 rings (SSSR count). The number of carbonyl (C=O) groups excluding carboxylic acids is 2. The van der Waals surface area contributed by atoms with Crippen molar-refractivity contribution in [2.75, 3.05) is 5.32 Å². The molecule has 1 N–H and O–H groups in total. The molecule has 0 spiro atoms. The highest BCUT2D eigenvalue weighted by Crippen LogP contribution is 2.17. The predicted molar refractivity (Wildman–Crippen MR) is 75.0 cm³/mol. The molecule has 0 radical (unpaired) electrons. The number of hydrogen-bond donors (Lipinski definition) is 1. The molecule has 4 heteroatoms. The summed E-state index contributed by atoms with van der Waals surface area (Å²) in [5.74, 6) is -0.244. The molecule has 19 heavy (non-hydrogen) atoms. The van der Waals surface area contributed by atoms with Crippen molar-refractivity contribution in [3.8, 4) is 0 Å². The van der Waals surface area contributed by atoms with Gasteiger partial charge in [0.15, 0.2) is 6.10 Å². The van der Waals surface area contributed by atoms with Gasteiger partial charge in [0.25, 0.3) is 5.91 Å². The Balaban J connectivity index is 2.59. The van der Waals surface area contributed by atoms with Gasteiger partial charge >= 0.3 is 5.97 Å². The van der Waals surface area contributed by atoms with Crippen molar-refractivity contribution in [2.45, 2.75) is 46.1 Å². The van der Waals surface area contributed by atoms with Crippen LogP contribution in [0, 0.1) is 0 Å². The zero-order valence-electron chi connectivity index (χ0n) is 11.9. The molecule has 0 aliphatic heterocycles. The molecule has 0 aromatic heterocycles. The average molecular weight is 263 g/mol. The summed E-state index contributed by atoms with van der Waals surface area (Å²) in [5.41, 5.74) is 1.91. The third kappa shape index (κ3) is 4.73. The van der Waals surface area contributed by atoms with Crippen LogP contribution in [0.4, 0.5) is 5.69 Å². The first-order chi connectivity index (χ1) is 8.93. The zero-order valence-corrected chi connectivity index (χ0v) is 11.9. The lowest BCUT2D eigenvalue weighted by Gasteiger charge is -2.13. The van der Waals surface area contributed by atoms with Gasteiger partial charge in [0.2, 0.25) is 0 Å². The first kappa shape index (κ1) is 15.2. The number of nitrogens with one attached hydrogen (secondary N) is 1. The minimum atomic E-state index is -0.780. The third-order valence-corrected chi connectivity index (χ3v) is 2.81. The second-order valence-electron chi connectivity index (χ2n) is 4.75. The van der Waals surface area contributed by atoms with Crippen LogP contribution >= 0.6 is 0 Å². The quantitative estimate of drug-likeness (QED) is 0.830. The van der Waals surface area contributed by atoms with Gasteiger partial charge in [0, 0.05) is 12.1 Å². The van der Waals surface area contributed by atoms with Crippen LogP contribution in [0.1, 0.15) is 45.6 Å². The highest BCUT2D eigenvalue weighted by atomic mass is 16.5. The van der Waals surface area contributed by atoms with Crippen molar-refractivity contribution in [2.24, 2.45) is 0 Å². The summed E-state index contributed by atoms with van der Waals surface area (Å²) in [6.45, 7) is 7.47. The maximum atomic E-state index is 11.8. The largest absolute Gasteiger partial charge is 0.453 e. The minimum absolute atomic E-state index is 0.265. The summed E-state index contributed by atoms with van der Waals surface area (Å²) in [6, 6.07) is 7.65. The van der Waals surface area contributed by atoms with Crippen LogP contribution in [-0.2, 0) is 14.3 Å². The Morgan fingerprint density at radius 3 is 2.21 bits per heavy atom. The molecule has 1 aromatic rings. The molecule has 4 nitrogen and oxygen atoms in total.